The molecule has 7 nitrogen and oxygen atoms in total. The van der Waals surface area contributed by atoms with E-state index < -0.39 is 16.3 Å². The predicted molar refractivity (Wildman–Crippen MR) is 76.3 cm³/mol. The van der Waals surface area contributed by atoms with Gasteiger partial charge in [0.1, 0.15) is 6.61 Å². The van der Waals surface area contributed by atoms with E-state index in [4.69, 9.17) is 5.11 Å². The van der Waals surface area contributed by atoms with E-state index in [2.05, 4.69) is 16.6 Å². The van der Waals surface area contributed by atoms with Gasteiger partial charge in [-0.05, 0) is 11.6 Å². The molecule has 21 heavy (non-hydrogen) atoms. The molecule has 0 bridgehead atoms. The Labute approximate surface area is 123 Å². The number of amides is 1. The SMILES string of the molecule is COC(=O)NS(=O)(=O)N(C)Cc1ccccc1C#CCO. The number of nitrogens with one attached hydrogen (secondary N) is 1. The van der Waals surface area contributed by atoms with E-state index >= 15 is 0 Å². The van der Waals surface area contributed by atoms with E-state index in [0.717, 1.165) is 11.4 Å². The zero-order valence-corrected chi connectivity index (χ0v) is 12.5. The lowest BCUT2D eigenvalue weighted by atomic mass is 10.1. The molecule has 0 radical (unpaired) electrons. The second-order valence-corrected chi connectivity index (χ2v) is 5.75. The maximum Gasteiger partial charge on any atom is 0.421 e. The molecular formula is C13H16N2O5S. The molecule has 1 amide bonds. The topological polar surface area (TPSA) is 95.9 Å². The number of ether oxygens (including phenoxy) is 1. The van der Waals surface area contributed by atoms with Crippen LogP contribution in [0.2, 0.25) is 0 Å². The summed E-state index contributed by atoms with van der Waals surface area (Å²) in [6.07, 6.45) is -1.06. The molecule has 0 aliphatic heterocycles. The van der Waals surface area contributed by atoms with Crippen molar-refractivity contribution < 1.29 is 23.1 Å². The molecule has 8 heteroatoms. The van der Waals surface area contributed by atoms with Crippen LogP contribution in [0.1, 0.15) is 11.1 Å². The number of aliphatic hydroxyl groups is 1. The van der Waals surface area contributed by atoms with Gasteiger partial charge in [-0.25, -0.2) is 9.52 Å². The normalized spacial score (nSPS) is 10.7. The van der Waals surface area contributed by atoms with Crippen LogP contribution >= 0.6 is 0 Å². The molecule has 0 fully saturated rings. The Morgan fingerprint density at radius 3 is 2.71 bits per heavy atom. The number of carbonyl (C=O) groups is 1. The van der Waals surface area contributed by atoms with E-state index in [0.29, 0.717) is 11.1 Å². The third kappa shape index (κ3) is 5.07. The van der Waals surface area contributed by atoms with Gasteiger partial charge in [0.05, 0.1) is 7.11 Å². The smallest absolute Gasteiger partial charge is 0.421 e. The zero-order chi connectivity index (χ0) is 15.9. The fraction of sp³-hybridized carbons (Fsp3) is 0.308. The Hall–Kier alpha value is -2.08. The van der Waals surface area contributed by atoms with Crippen molar-refractivity contribution in [2.24, 2.45) is 0 Å². The molecule has 0 spiro atoms. The highest BCUT2D eigenvalue weighted by molar-refractivity contribution is 7.87. The highest BCUT2D eigenvalue weighted by Gasteiger charge is 2.21. The molecule has 0 aliphatic carbocycles. The third-order valence-corrected chi connectivity index (χ3v) is 3.89. The summed E-state index contributed by atoms with van der Waals surface area (Å²) < 4.78 is 30.7. The second-order valence-electron chi connectivity index (χ2n) is 3.97. The summed E-state index contributed by atoms with van der Waals surface area (Å²) in [5.74, 6) is 5.24. The maximum absolute atomic E-state index is 11.9. The summed E-state index contributed by atoms with van der Waals surface area (Å²) in [7, 11) is -1.60. The molecule has 0 saturated heterocycles. The zero-order valence-electron chi connectivity index (χ0n) is 11.7. The van der Waals surface area contributed by atoms with Crippen molar-refractivity contribution >= 4 is 16.3 Å². The lowest BCUT2D eigenvalue weighted by Crippen LogP contribution is -2.41. The number of rotatable bonds is 4. The van der Waals surface area contributed by atoms with Crippen LogP contribution < -0.4 is 4.72 Å². The minimum atomic E-state index is -4.00. The van der Waals surface area contributed by atoms with E-state index in [1.807, 2.05) is 0 Å². The van der Waals surface area contributed by atoms with Gasteiger partial charge < -0.3 is 9.84 Å². The fourth-order valence-electron chi connectivity index (χ4n) is 1.46. The Kier molecular flexibility index (Phi) is 6.17. The number of hydrogen-bond donors (Lipinski definition) is 2. The van der Waals surface area contributed by atoms with Crippen molar-refractivity contribution in [1.82, 2.24) is 9.03 Å². The Balaban J connectivity index is 2.93. The number of methoxy groups -OCH3 is 1. The summed E-state index contributed by atoms with van der Waals surface area (Å²) in [6, 6.07) is 6.93. The van der Waals surface area contributed by atoms with Crippen molar-refractivity contribution in [3.63, 3.8) is 0 Å². The van der Waals surface area contributed by atoms with Gasteiger partial charge in [-0.2, -0.15) is 12.7 Å². The predicted octanol–water partition coefficient (Wildman–Crippen LogP) is 0.0630. The van der Waals surface area contributed by atoms with Gasteiger partial charge in [0.25, 0.3) is 0 Å². The molecule has 0 aromatic heterocycles. The van der Waals surface area contributed by atoms with Gasteiger partial charge in [0, 0.05) is 19.2 Å². The molecular weight excluding hydrogens is 296 g/mol. The summed E-state index contributed by atoms with van der Waals surface area (Å²) in [6.45, 7) is -0.269. The minimum Gasteiger partial charge on any atom is -0.452 e. The first-order valence-electron chi connectivity index (χ1n) is 5.90. The van der Waals surface area contributed by atoms with Crippen molar-refractivity contribution in [2.45, 2.75) is 6.54 Å². The molecule has 0 saturated carbocycles. The average molecular weight is 312 g/mol. The van der Waals surface area contributed by atoms with Crippen LogP contribution in [-0.2, 0) is 21.5 Å². The van der Waals surface area contributed by atoms with Crippen LogP contribution in [-0.4, -0.2) is 44.7 Å². The molecule has 0 heterocycles. The van der Waals surface area contributed by atoms with Crippen LogP contribution in [0.15, 0.2) is 24.3 Å². The lowest BCUT2D eigenvalue weighted by molar-refractivity contribution is 0.177. The van der Waals surface area contributed by atoms with E-state index in [1.54, 1.807) is 29.0 Å². The molecule has 1 rings (SSSR count). The lowest BCUT2D eigenvalue weighted by Gasteiger charge is -2.17. The van der Waals surface area contributed by atoms with E-state index in [-0.39, 0.29) is 13.2 Å². The highest BCUT2D eigenvalue weighted by Crippen LogP contribution is 2.11. The first-order valence-corrected chi connectivity index (χ1v) is 7.34. The van der Waals surface area contributed by atoms with Crippen LogP contribution in [0.3, 0.4) is 0 Å². The summed E-state index contributed by atoms with van der Waals surface area (Å²) >= 11 is 0. The largest absolute Gasteiger partial charge is 0.452 e. The van der Waals surface area contributed by atoms with Crippen molar-refractivity contribution in [2.75, 3.05) is 20.8 Å². The van der Waals surface area contributed by atoms with Crippen molar-refractivity contribution in [3.8, 4) is 11.8 Å². The van der Waals surface area contributed by atoms with Gasteiger partial charge in [0.2, 0.25) is 0 Å². The molecule has 1 aromatic carbocycles. The summed E-state index contributed by atoms with van der Waals surface area (Å²) in [5.41, 5.74) is 1.25. The number of nitrogens with zero attached hydrogens (tertiary/aromatic N) is 1. The van der Waals surface area contributed by atoms with Crippen molar-refractivity contribution in [1.29, 1.82) is 0 Å². The first kappa shape index (κ1) is 17.0. The molecule has 1 aromatic rings. The van der Waals surface area contributed by atoms with E-state index in [1.165, 1.54) is 7.05 Å². The monoisotopic (exact) mass is 312 g/mol. The fourth-order valence-corrected chi connectivity index (χ4v) is 2.22. The van der Waals surface area contributed by atoms with Gasteiger partial charge in [-0.15, -0.1) is 0 Å². The van der Waals surface area contributed by atoms with Crippen LogP contribution in [0.5, 0.6) is 0 Å². The number of benzene rings is 1. The van der Waals surface area contributed by atoms with Crippen LogP contribution in [0, 0.1) is 11.8 Å². The van der Waals surface area contributed by atoms with Crippen molar-refractivity contribution in [3.05, 3.63) is 35.4 Å². The highest BCUT2D eigenvalue weighted by atomic mass is 32.2. The van der Waals surface area contributed by atoms with Crippen LogP contribution in [0.4, 0.5) is 4.79 Å². The quantitative estimate of drug-likeness (QED) is 0.767. The first-order chi connectivity index (χ1) is 9.90. The summed E-state index contributed by atoms with van der Waals surface area (Å²) in [4.78, 5) is 11.0. The number of hydrogen-bond acceptors (Lipinski definition) is 5. The Morgan fingerprint density at radius 1 is 1.43 bits per heavy atom. The van der Waals surface area contributed by atoms with Gasteiger partial charge in [0.15, 0.2) is 0 Å². The summed E-state index contributed by atoms with van der Waals surface area (Å²) in [5, 5.41) is 8.71. The number of aliphatic hydroxyl groups excluding tert-OH is 1. The molecule has 0 aliphatic rings. The molecule has 0 unspecified atom stereocenters. The number of carbonyl (C=O) groups excluding carboxylic acids is 1. The third-order valence-electron chi connectivity index (χ3n) is 2.52. The molecule has 114 valence electrons. The van der Waals surface area contributed by atoms with Gasteiger partial charge in [-0.3, -0.25) is 0 Å². The van der Waals surface area contributed by atoms with Crippen LogP contribution in [0.25, 0.3) is 0 Å². The molecule has 0 atom stereocenters. The van der Waals surface area contributed by atoms with Gasteiger partial charge >= 0.3 is 16.3 Å². The maximum atomic E-state index is 11.9. The standard InChI is InChI=1S/C13H16N2O5S/c1-15(21(18,19)14-13(17)20-2)10-12-7-4-3-6-11(12)8-5-9-16/h3-4,6-7,16H,9-10H2,1-2H3,(H,14,17). The Morgan fingerprint density at radius 2 is 2.10 bits per heavy atom. The molecule has 2 N–H and O–H groups in total. The average Bonchev–Trinajstić information content (AvgIpc) is 2.45. The van der Waals surface area contributed by atoms with Gasteiger partial charge in [-0.1, -0.05) is 30.0 Å². The Bertz CT molecular complexity index is 661. The minimum absolute atomic E-state index is 0.0165. The van der Waals surface area contributed by atoms with E-state index in [9.17, 15) is 13.2 Å². The second kappa shape index (κ2) is 7.64.